The quantitative estimate of drug-likeness (QED) is 0.524. The molecule has 7 heteroatoms. The average Bonchev–Trinajstić information content (AvgIpc) is 2.74. The van der Waals surface area contributed by atoms with Crippen LogP contribution < -0.4 is 5.32 Å². The predicted molar refractivity (Wildman–Crippen MR) is 120 cm³/mol. The molecule has 0 spiro atoms. The highest BCUT2D eigenvalue weighted by Crippen LogP contribution is 2.31. The van der Waals surface area contributed by atoms with Crippen LogP contribution in [0.25, 0.3) is 0 Å². The highest BCUT2D eigenvalue weighted by atomic mass is 32.2. The molecule has 1 N–H and O–H groups in total. The molecule has 2 aromatic carbocycles. The Balaban J connectivity index is 1.61. The van der Waals surface area contributed by atoms with Crippen LogP contribution in [0.3, 0.4) is 0 Å². The second kappa shape index (κ2) is 9.91. The van der Waals surface area contributed by atoms with Crippen molar-refractivity contribution in [3.8, 4) is 0 Å². The Bertz CT molecular complexity index is 1130. The van der Waals surface area contributed by atoms with Crippen LogP contribution in [-0.4, -0.2) is 31.6 Å². The van der Waals surface area contributed by atoms with Crippen molar-refractivity contribution in [1.29, 1.82) is 0 Å². The van der Waals surface area contributed by atoms with Crippen LogP contribution in [0.4, 0.5) is 0 Å². The molecule has 1 amide bonds. The van der Waals surface area contributed by atoms with Gasteiger partial charge in [0.05, 0.1) is 16.2 Å². The fourth-order valence-electron chi connectivity index (χ4n) is 2.97. The standard InChI is InChI=1S/C23H24N2O3S2/c1-17-11-12-21(18(2)16-17)29-23-20(10-6-13-25-23)22(26)24-14-7-15-30(27,28)19-8-4-3-5-9-19/h3-6,8-13,16H,7,14-15H2,1-2H3,(H,24,26). The van der Waals surface area contributed by atoms with Crippen molar-refractivity contribution in [3.05, 3.63) is 83.6 Å². The van der Waals surface area contributed by atoms with Gasteiger partial charge in [-0.05, 0) is 56.2 Å². The number of amides is 1. The number of carbonyl (C=O) groups excluding carboxylic acids is 1. The van der Waals surface area contributed by atoms with Crippen molar-refractivity contribution >= 4 is 27.5 Å². The summed E-state index contributed by atoms with van der Waals surface area (Å²) in [6.45, 7) is 4.34. The number of aromatic nitrogens is 1. The minimum atomic E-state index is -3.35. The smallest absolute Gasteiger partial charge is 0.254 e. The number of sulfone groups is 1. The molecule has 3 rings (SSSR count). The summed E-state index contributed by atoms with van der Waals surface area (Å²) in [7, 11) is -3.35. The van der Waals surface area contributed by atoms with Crippen LogP contribution >= 0.6 is 11.8 Å². The monoisotopic (exact) mass is 440 g/mol. The van der Waals surface area contributed by atoms with Crippen LogP contribution in [-0.2, 0) is 9.84 Å². The largest absolute Gasteiger partial charge is 0.352 e. The van der Waals surface area contributed by atoms with E-state index in [1.165, 1.54) is 17.3 Å². The maximum Gasteiger partial charge on any atom is 0.254 e. The zero-order chi connectivity index (χ0) is 21.6. The molecule has 1 heterocycles. The van der Waals surface area contributed by atoms with Gasteiger partial charge in [-0.15, -0.1) is 0 Å². The number of hydrogen-bond donors (Lipinski definition) is 1. The summed E-state index contributed by atoms with van der Waals surface area (Å²) in [6, 6.07) is 18.0. The van der Waals surface area contributed by atoms with Crippen LogP contribution in [0.2, 0.25) is 0 Å². The summed E-state index contributed by atoms with van der Waals surface area (Å²) in [6.07, 6.45) is 2.00. The molecule has 0 aliphatic carbocycles. The Hall–Kier alpha value is -2.64. The fraction of sp³-hybridized carbons (Fsp3) is 0.217. The number of aryl methyl sites for hydroxylation is 2. The van der Waals surface area contributed by atoms with Gasteiger partial charge in [0.15, 0.2) is 9.84 Å². The lowest BCUT2D eigenvalue weighted by Gasteiger charge is -2.11. The Kier molecular flexibility index (Phi) is 7.29. The SMILES string of the molecule is Cc1ccc(Sc2ncccc2C(=O)NCCCS(=O)(=O)c2ccccc2)c(C)c1. The Morgan fingerprint density at radius 3 is 2.53 bits per heavy atom. The van der Waals surface area contributed by atoms with E-state index in [1.54, 1.807) is 48.7 Å². The molecular weight excluding hydrogens is 416 g/mol. The molecule has 5 nitrogen and oxygen atoms in total. The molecular formula is C23H24N2O3S2. The molecule has 3 aromatic rings. The van der Waals surface area contributed by atoms with Gasteiger partial charge in [0.2, 0.25) is 0 Å². The summed E-state index contributed by atoms with van der Waals surface area (Å²) in [5, 5.41) is 3.44. The lowest BCUT2D eigenvalue weighted by atomic mass is 10.2. The second-order valence-corrected chi connectivity index (χ2v) is 10.1. The third-order valence-electron chi connectivity index (χ3n) is 4.53. The number of rotatable bonds is 8. The van der Waals surface area contributed by atoms with Gasteiger partial charge in [-0.25, -0.2) is 13.4 Å². The Labute approximate surface area is 181 Å². The summed E-state index contributed by atoms with van der Waals surface area (Å²) >= 11 is 1.45. The van der Waals surface area contributed by atoms with E-state index in [9.17, 15) is 13.2 Å². The first-order valence-corrected chi connectivity index (χ1v) is 12.1. The number of nitrogens with one attached hydrogen (secondary N) is 1. The summed E-state index contributed by atoms with van der Waals surface area (Å²) < 4.78 is 24.7. The molecule has 0 saturated heterocycles. The molecule has 0 fully saturated rings. The first-order chi connectivity index (χ1) is 14.4. The van der Waals surface area contributed by atoms with E-state index < -0.39 is 9.84 Å². The van der Waals surface area contributed by atoms with E-state index in [0.717, 1.165) is 10.5 Å². The maximum absolute atomic E-state index is 12.7. The number of hydrogen-bond acceptors (Lipinski definition) is 5. The van der Waals surface area contributed by atoms with E-state index in [-0.39, 0.29) is 18.2 Å². The summed E-state index contributed by atoms with van der Waals surface area (Å²) in [5.74, 6) is -0.276. The molecule has 30 heavy (non-hydrogen) atoms. The number of benzene rings is 2. The average molecular weight is 441 g/mol. The van der Waals surface area contributed by atoms with Crippen molar-refractivity contribution < 1.29 is 13.2 Å². The zero-order valence-electron chi connectivity index (χ0n) is 17.0. The number of nitrogens with zero attached hydrogens (tertiary/aromatic N) is 1. The van der Waals surface area contributed by atoms with E-state index in [2.05, 4.69) is 16.4 Å². The first-order valence-electron chi connectivity index (χ1n) is 9.63. The second-order valence-electron chi connectivity index (χ2n) is 6.97. The van der Waals surface area contributed by atoms with Gasteiger partial charge in [0.1, 0.15) is 5.03 Å². The molecule has 0 saturated carbocycles. The highest BCUT2D eigenvalue weighted by Gasteiger charge is 2.16. The van der Waals surface area contributed by atoms with Gasteiger partial charge in [0, 0.05) is 17.6 Å². The minimum absolute atomic E-state index is 0.0193. The van der Waals surface area contributed by atoms with Crippen molar-refractivity contribution in [2.75, 3.05) is 12.3 Å². The Morgan fingerprint density at radius 2 is 1.80 bits per heavy atom. The van der Waals surface area contributed by atoms with Crippen molar-refractivity contribution in [2.45, 2.75) is 35.1 Å². The molecule has 0 radical (unpaired) electrons. The number of pyridine rings is 1. The summed E-state index contributed by atoms with van der Waals surface area (Å²) in [5.41, 5.74) is 2.79. The normalized spacial score (nSPS) is 11.3. The third kappa shape index (κ3) is 5.70. The highest BCUT2D eigenvalue weighted by molar-refractivity contribution is 7.99. The van der Waals surface area contributed by atoms with Crippen LogP contribution in [0.1, 0.15) is 27.9 Å². The number of carbonyl (C=O) groups is 1. The van der Waals surface area contributed by atoms with Crippen LogP contribution in [0, 0.1) is 13.8 Å². The molecule has 0 unspecified atom stereocenters. The summed E-state index contributed by atoms with van der Waals surface area (Å²) in [4.78, 5) is 18.4. The van der Waals surface area contributed by atoms with E-state index in [1.807, 2.05) is 26.0 Å². The van der Waals surface area contributed by atoms with Gasteiger partial charge in [-0.1, -0.05) is 47.7 Å². The van der Waals surface area contributed by atoms with Gasteiger partial charge in [0.25, 0.3) is 5.91 Å². The Morgan fingerprint density at radius 1 is 1.03 bits per heavy atom. The van der Waals surface area contributed by atoms with E-state index in [0.29, 0.717) is 21.9 Å². The third-order valence-corrected chi connectivity index (χ3v) is 7.54. The molecule has 156 valence electrons. The zero-order valence-corrected chi connectivity index (χ0v) is 18.6. The minimum Gasteiger partial charge on any atom is -0.352 e. The van der Waals surface area contributed by atoms with Gasteiger partial charge in [-0.3, -0.25) is 4.79 Å². The van der Waals surface area contributed by atoms with Gasteiger partial charge in [-0.2, -0.15) is 0 Å². The van der Waals surface area contributed by atoms with Gasteiger partial charge < -0.3 is 5.32 Å². The van der Waals surface area contributed by atoms with Gasteiger partial charge >= 0.3 is 0 Å². The van der Waals surface area contributed by atoms with E-state index >= 15 is 0 Å². The lowest BCUT2D eigenvalue weighted by Crippen LogP contribution is -2.26. The fourth-order valence-corrected chi connectivity index (χ4v) is 5.25. The molecule has 0 atom stereocenters. The molecule has 0 aliphatic heterocycles. The van der Waals surface area contributed by atoms with Crippen LogP contribution in [0.15, 0.2) is 81.7 Å². The first kappa shape index (κ1) is 22.1. The molecule has 0 aliphatic rings. The predicted octanol–water partition coefficient (Wildman–Crippen LogP) is 4.44. The molecule has 1 aromatic heterocycles. The van der Waals surface area contributed by atoms with Crippen molar-refractivity contribution in [3.63, 3.8) is 0 Å². The molecule has 0 bridgehead atoms. The topological polar surface area (TPSA) is 76.1 Å². The van der Waals surface area contributed by atoms with E-state index in [4.69, 9.17) is 0 Å². The van der Waals surface area contributed by atoms with Crippen LogP contribution in [0.5, 0.6) is 0 Å². The van der Waals surface area contributed by atoms with Crippen molar-refractivity contribution in [2.24, 2.45) is 0 Å². The lowest BCUT2D eigenvalue weighted by molar-refractivity contribution is 0.0950. The maximum atomic E-state index is 12.7. The van der Waals surface area contributed by atoms with Crippen molar-refractivity contribution in [1.82, 2.24) is 10.3 Å².